The summed E-state index contributed by atoms with van der Waals surface area (Å²) in [4.78, 5) is 33.6. The minimum absolute atomic E-state index is 0.0295. The van der Waals surface area contributed by atoms with Gasteiger partial charge in [0.1, 0.15) is 5.75 Å². The molecule has 0 unspecified atom stereocenters. The van der Waals surface area contributed by atoms with Gasteiger partial charge in [0, 0.05) is 30.4 Å². The van der Waals surface area contributed by atoms with Gasteiger partial charge in [-0.2, -0.15) is 4.31 Å². The quantitative estimate of drug-likeness (QED) is 0.294. The van der Waals surface area contributed by atoms with Gasteiger partial charge < -0.3 is 4.74 Å². The number of anilines is 1. The number of carbonyl (C=O) groups is 2. The van der Waals surface area contributed by atoms with Crippen LogP contribution in [0.4, 0.5) is 5.69 Å². The minimum atomic E-state index is -4.27. The number of pyridine rings is 2. The number of aromatic nitrogens is 2. The first kappa shape index (κ1) is 23.8. The number of sulfonamides is 1. The number of benzene rings is 2. The molecule has 0 saturated heterocycles. The van der Waals surface area contributed by atoms with E-state index < -0.39 is 21.9 Å². The van der Waals surface area contributed by atoms with Crippen molar-refractivity contribution in [1.29, 1.82) is 0 Å². The molecule has 0 aliphatic carbocycles. The van der Waals surface area contributed by atoms with Crippen LogP contribution >= 0.6 is 0 Å². The molecule has 4 aromatic rings. The zero-order chi connectivity index (χ0) is 25.0. The predicted octanol–water partition coefficient (Wildman–Crippen LogP) is 4.35. The van der Waals surface area contributed by atoms with Crippen LogP contribution in [0, 0.1) is 13.8 Å². The standard InChI is InChI=1S/C26H21N3O5S/c1-18-3-6-23(7-4-18)35(32,33)29(25(30)20-9-13-27-14-10-20)24-8-5-22(17-19(24)2)34-26(31)21-11-15-28-16-12-21/h3-17H,1-2H3. The van der Waals surface area contributed by atoms with Crippen molar-refractivity contribution in [2.75, 3.05) is 4.31 Å². The lowest BCUT2D eigenvalue weighted by Gasteiger charge is -2.24. The van der Waals surface area contributed by atoms with Gasteiger partial charge in [-0.15, -0.1) is 0 Å². The van der Waals surface area contributed by atoms with Gasteiger partial charge in [-0.3, -0.25) is 14.8 Å². The van der Waals surface area contributed by atoms with E-state index in [1.54, 1.807) is 19.1 Å². The van der Waals surface area contributed by atoms with Crippen LogP contribution in [0.3, 0.4) is 0 Å². The molecule has 35 heavy (non-hydrogen) atoms. The summed E-state index contributed by atoms with van der Waals surface area (Å²) < 4.78 is 33.5. The number of ether oxygens (including phenoxy) is 1. The maximum absolute atomic E-state index is 13.7. The average molecular weight is 488 g/mol. The van der Waals surface area contributed by atoms with Gasteiger partial charge >= 0.3 is 5.97 Å². The van der Waals surface area contributed by atoms with E-state index in [2.05, 4.69) is 9.97 Å². The third-order valence-electron chi connectivity index (χ3n) is 5.18. The van der Waals surface area contributed by atoms with E-state index in [0.29, 0.717) is 11.1 Å². The molecule has 2 aromatic carbocycles. The molecule has 8 nitrogen and oxygen atoms in total. The summed E-state index contributed by atoms with van der Waals surface area (Å²) in [5.41, 5.74) is 1.91. The summed E-state index contributed by atoms with van der Waals surface area (Å²) in [6.45, 7) is 3.48. The lowest BCUT2D eigenvalue weighted by atomic mass is 10.1. The molecule has 0 atom stereocenters. The Bertz CT molecular complexity index is 1470. The third-order valence-corrected chi connectivity index (χ3v) is 6.90. The van der Waals surface area contributed by atoms with Crippen molar-refractivity contribution in [3.8, 4) is 5.75 Å². The first-order chi connectivity index (χ1) is 16.8. The largest absolute Gasteiger partial charge is 0.423 e. The molecule has 176 valence electrons. The summed E-state index contributed by atoms with van der Waals surface area (Å²) in [5.74, 6) is -1.12. The van der Waals surface area contributed by atoms with Crippen molar-refractivity contribution in [3.05, 3.63) is 114 Å². The fourth-order valence-electron chi connectivity index (χ4n) is 3.35. The van der Waals surface area contributed by atoms with Crippen LogP contribution in [-0.2, 0) is 10.0 Å². The van der Waals surface area contributed by atoms with Crippen LogP contribution in [0.5, 0.6) is 5.75 Å². The maximum atomic E-state index is 13.7. The monoisotopic (exact) mass is 487 g/mol. The lowest BCUT2D eigenvalue weighted by molar-refractivity contribution is 0.0734. The topological polar surface area (TPSA) is 107 Å². The Balaban J connectivity index is 1.75. The minimum Gasteiger partial charge on any atom is -0.423 e. The van der Waals surface area contributed by atoms with Crippen molar-refractivity contribution >= 4 is 27.6 Å². The molecule has 0 radical (unpaired) electrons. The smallest absolute Gasteiger partial charge is 0.343 e. The number of rotatable bonds is 6. The molecule has 4 rings (SSSR count). The number of aryl methyl sites for hydroxylation is 2. The second-order valence-corrected chi connectivity index (χ2v) is 9.48. The molecular formula is C26H21N3O5S. The first-order valence-electron chi connectivity index (χ1n) is 10.6. The Labute approximate surface area is 202 Å². The zero-order valence-corrected chi connectivity index (χ0v) is 19.8. The fraction of sp³-hybridized carbons (Fsp3) is 0.0769. The van der Waals surface area contributed by atoms with Crippen LogP contribution in [0.15, 0.2) is 96.4 Å². The number of esters is 1. The van der Waals surface area contributed by atoms with Gasteiger partial charge in [-0.05, 0) is 74.0 Å². The summed E-state index contributed by atoms with van der Waals surface area (Å²) >= 11 is 0. The molecule has 2 heterocycles. The third kappa shape index (κ3) is 5.10. The molecule has 0 aliphatic rings. The van der Waals surface area contributed by atoms with E-state index in [4.69, 9.17) is 4.74 Å². The Hall–Kier alpha value is -4.37. The highest BCUT2D eigenvalue weighted by Gasteiger charge is 2.33. The van der Waals surface area contributed by atoms with E-state index in [1.165, 1.54) is 79.4 Å². The van der Waals surface area contributed by atoms with Gasteiger partial charge in [0.15, 0.2) is 0 Å². The van der Waals surface area contributed by atoms with Crippen LogP contribution in [-0.4, -0.2) is 30.3 Å². The fourth-order valence-corrected chi connectivity index (χ4v) is 4.83. The second kappa shape index (κ2) is 9.86. The average Bonchev–Trinajstić information content (AvgIpc) is 2.86. The molecule has 0 saturated carbocycles. The van der Waals surface area contributed by atoms with Gasteiger partial charge in [0.2, 0.25) is 0 Å². The van der Waals surface area contributed by atoms with E-state index in [1.807, 2.05) is 6.92 Å². The Morgan fingerprint density at radius 3 is 1.91 bits per heavy atom. The Morgan fingerprint density at radius 1 is 0.771 bits per heavy atom. The van der Waals surface area contributed by atoms with Crippen LogP contribution in [0.1, 0.15) is 31.8 Å². The number of nitrogens with zero attached hydrogens (tertiary/aromatic N) is 3. The maximum Gasteiger partial charge on any atom is 0.343 e. The van der Waals surface area contributed by atoms with E-state index >= 15 is 0 Å². The van der Waals surface area contributed by atoms with E-state index in [-0.39, 0.29) is 21.9 Å². The van der Waals surface area contributed by atoms with Crippen molar-refractivity contribution < 1.29 is 22.7 Å². The van der Waals surface area contributed by atoms with Gasteiger partial charge in [0.05, 0.1) is 16.1 Å². The molecular weight excluding hydrogens is 466 g/mol. The lowest BCUT2D eigenvalue weighted by Crippen LogP contribution is -2.37. The van der Waals surface area contributed by atoms with Crippen LogP contribution in [0.25, 0.3) is 0 Å². The van der Waals surface area contributed by atoms with Gasteiger partial charge in [0.25, 0.3) is 15.9 Å². The zero-order valence-electron chi connectivity index (χ0n) is 19.0. The molecule has 0 aliphatic heterocycles. The molecule has 2 aromatic heterocycles. The number of hydrogen-bond acceptors (Lipinski definition) is 7. The van der Waals surface area contributed by atoms with E-state index in [9.17, 15) is 18.0 Å². The van der Waals surface area contributed by atoms with Crippen LogP contribution in [0.2, 0.25) is 0 Å². The highest BCUT2D eigenvalue weighted by atomic mass is 32.2. The van der Waals surface area contributed by atoms with Crippen molar-refractivity contribution in [2.24, 2.45) is 0 Å². The highest BCUT2D eigenvalue weighted by molar-refractivity contribution is 7.93. The highest BCUT2D eigenvalue weighted by Crippen LogP contribution is 2.31. The Morgan fingerprint density at radius 2 is 1.34 bits per heavy atom. The van der Waals surface area contributed by atoms with Gasteiger partial charge in [-0.25, -0.2) is 13.2 Å². The second-order valence-electron chi connectivity index (χ2n) is 7.70. The molecule has 1 amide bonds. The summed E-state index contributed by atoms with van der Waals surface area (Å²) in [7, 11) is -4.27. The molecule has 0 spiro atoms. The SMILES string of the molecule is Cc1ccc(S(=O)(=O)N(C(=O)c2ccncc2)c2ccc(OC(=O)c3ccncc3)cc2C)cc1. The molecule has 0 N–H and O–H groups in total. The van der Waals surface area contributed by atoms with Crippen molar-refractivity contribution in [2.45, 2.75) is 18.7 Å². The van der Waals surface area contributed by atoms with Crippen LogP contribution < -0.4 is 9.04 Å². The Kier molecular flexibility index (Phi) is 6.70. The number of hydrogen-bond donors (Lipinski definition) is 0. The number of amides is 1. The normalized spacial score (nSPS) is 11.0. The van der Waals surface area contributed by atoms with Gasteiger partial charge in [-0.1, -0.05) is 17.7 Å². The summed E-state index contributed by atoms with van der Waals surface area (Å²) in [6, 6.07) is 16.6. The summed E-state index contributed by atoms with van der Waals surface area (Å²) in [6.07, 6.45) is 5.78. The van der Waals surface area contributed by atoms with E-state index in [0.717, 1.165) is 9.87 Å². The first-order valence-corrected chi connectivity index (χ1v) is 12.0. The van der Waals surface area contributed by atoms with Crippen molar-refractivity contribution in [1.82, 2.24) is 9.97 Å². The molecule has 0 fully saturated rings. The summed E-state index contributed by atoms with van der Waals surface area (Å²) in [5, 5.41) is 0. The molecule has 9 heteroatoms. The molecule has 0 bridgehead atoms. The predicted molar refractivity (Wildman–Crippen MR) is 130 cm³/mol. The number of carbonyl (C=O) groups excluding carboxylic acids is 2. The van der Waals surface area contributed by atoms with Crippen molar-refractivity contribution in [3.63, 3.8) is 0 Å².